The van der Waals surface area contributed by atoms with Crippen molar-refractivity contribution in [2.24, 2.45) is 0 Å². The fraction of sp³-hybridized carbons (Fsp3) is 0.444. The molecule has 12 heavy (non-hydrogen) atoms. The zero-order chi connectivity index (χ0) is 9.14. The summed E-state index contributed by atoms with van der Waals surface area (Å²) in [5.74, 6) is 0.830. The highest BCUT2D eigenvalue weighted by Gasteiger charge is 2.05. The van der Waals surface area contributed by atoms with Gasteiger partial charge < -0.3 is 10.4 Å². The highest BCUT2D eigenvalue weighted by molar-refractivity contribution is 5.40. The molecule has 0 aliphatic carbocycles. The minimum absolute atomic E-state index is 0.441. The van der Waals surface area contributed by atoms with E-state index in [0.29, 0.717) is 0 Å². The Hall–Kier alpha value is -1.09. The molecule has 0 aliphatic rings. The summed E-state index contributed by atoms with van der Waals surface area (Å²) in [6.45, 7) is 3.70. The van der Waals surface area contributed by atoms with E-state index in [2.05, 4.69) is 10.3 Å². The summed E-state index contributed by atoms with van der Waals surface area (Å²) in [5.41, 5.74) is 1.94. The van der Waals surface area contributed by atoms with E-state index < -0.39 is 6.10 Å². The van der Waals surface area contributed by atoms with Crippen molar-refractivity contribution in [1.29, 1.82) is 0 Å². The highest BCUT2D eigenvalue weighted by Crippen LogP contribution is 2.17. The summed E-state index contributed by atoms with van der Waals surface area (Å²) >= 11 is 0. The van der Waals surface area contributed by atoms with Gasteiger partial charge in [0.25, 0.3) is 0 Å². The molecule has 0 unspecified atom stereocenters. The zero-order valence-electron chi connectivity index (χ0n) is 7.63. The summed E-state index contributed by atoms with van der Waals surface area (Å²) in [5, 5.41) is 12.2. The second kappa shape index (κ2) is 3.54. The molecule has 2 N–H and O–H groups in total. The number of aromatic nitrogens is 1. The number of hydrogen-bond acceptors (Lipinski definition) is 3. The first-order chi connectivity index (χ1) is 5.65. The van der Waals surface area contributed by atoms with Gasteiger partial charge in [-0.1, -0.05) is 0 Å². The third-order valence-electron chi connectivity index (χ3n) is 1.86. The molecule has 0 spiro atoms. The van der Waals surface area contributed by atoms with Crippen LogP contribution in [0, 0.1) is 6.92 Å². The Balaban J connectivity index is 3.03. The van der Waals surface area contributed by atoms with Crippen molar-refractivity contribution in [2.45, 2.75) is 20.0 Å². The Kier molecular flexibility index (Phi) is 2.65. The van der Waals surface area contributed by atoms with Crippen LogP contribution in [0.3, 0.4) is 0 Å². The number of aliphatic hydroxyl groups is 1. The van der Waals surface area contributed by atoms with Crippen molar-refractivity contribution in [3.05, 3.63) is 23.4 Å². The average Bonchev–Trinajstić information content (AvgIpc) is 2.03. The van der Waals surface area contributed by atoms with Crippen molar-refractivity contribution >= 4 is 5.82 Å². The first-order valence-electron chi connectivity index (χ1n) is 3.97. The maximum Gasteiger partial charge on any atom is 0.125 e. The van der Waals surface area contributed by atoms with Gasteiger partial charge in [-0.2, -0.15) is 0 Å². The van der Waals surface area contributed by atoms with Crippen LogP contribution in [0.25, 0.3) is 0 Å². The molecule has 1 rings (SSSR count). The highest BCUT2D eigenvalue weighted by atomic mass is 16.3. The lowest BCUT2D eigenvalue weighted by atomic mass is 10.1. The van der Waals surface area contributed by atoms with Crippen LogP contribution in [0.1, 0.15) is 24.2 Å². The smallest absolute Gasteiger partial charge is 0.125 e. The predicted molar refractivity (Wildman–Crippen MR) is 49.2 cm³/mol. The Bertz CT molecular complexity index is 271. The first-order valence-corrected chi connectivity index (χ1v) is 3.97. The van der Waals surface area contributed by atoms with Crippen molar-refractivity contribution < 1.29 is 5.11 Å². The number of nitrogens with one attached hydrogen (secondary N) is 1. The molecular formula is C9H14N2O. The van der Waals surface area contributed by atoms with E-state index in [-0.39, 0.29) is 0 Å². The third kappa shape index (κ3) is 1.74. The van der Waals surface area contributed by atoms with E-state index in [4.69, 9.17) is 0 Å². The molecule has 3 nitrogen and oxygen atoms in total. The molecule has 0 radical (unpaired) electrons. The number of pyridine rings is 1. The Morgan fingerprint density at radius 2 is 2.25 bits per heavy atom. The minimum atomic E-state index is -0.441. The normalized spacial score (nSPS) is 12.7. The fourth-order valence-electron chi connectivity index (χ4n) is 1.14. The summed E-state index contributed by atoms with van der Waals surface area (Å²) in [6, 6.07) is 1.92. The van der Waals surface area contributed by atoms with Crippen LogP contribution in [0.5, 0.6) is 0 Å². The van der Waals surface area contributed by atoms with E-state index in [0.717, 1.165) is 16.9 Å². The van der Waals surface area contributed by atoms with Crippen LogP contribution in [0.4, 0.5) is 5.82 Å². The van der Waals surface area contributed by atoms with Crippen LogP contribution < -0.4 is 5.32 Å². The molecule has 1 heterocycles. The topological polar surface area (TPSA) is 45.1 Å². The van der Waals surface area contributed by atoms with Crippen molar-refractivity contribution in [3.8, 4) is 0 Å². The summed E-state index contributed by atoms with van der Waals surface area (Å²) in [7, 11) is 1.82. The molecular weight excluding hydrogens is 152 g/mol. The number of aryl methyl sites for hydroxylation is 1. The number of nitrogens with zero attached hydrogens (tertiary/aromatic N) is 1. The van der Waals surface area contributed by atoms with E-state index in [1.54, 1.807) is 13.1 Å². The van der Waals surface area contributed by atoms with Gasteiger partial charge in [-0.25, -0.2) is 4.98 Å². The second-order valence-electron chi connectivity index (χ2n) is 2.85. The van der Waals surface area contributed by atoms with Crippen LogP contribution in [-0.2, 0) is 0 Å². The first kappa shape index (κ1) is 9.00. The number of hydrogen-bond donors (Lipinski definition) is 2. The SMILES string of the molecule is CNc1cc(C)c([C@@H](C)O)cn1. The number of aliphatic hydroxyl groups excluding tert-OH is 1. The number of anilines is 1. The van der Waals surface area contributed by atoms with Gasteiger partial charge in [-0.15, -0.1) is 0 Å². The molecule has 0 amide bonds. The molecule has 66 valence electrons. The van der Waals surface area contributed by atoms with Gasteiger partial charge in [0.05, 0.1) is 6.10 Å². The molecule has 1 aromatic heterocycles. The van der Waals surface area contributed by atoms with Crippen LogP contribution in [0.2, 0.25) is 0 Å². The number of rotatable bonds is 2. The van der Waals surface area contributed by atoms with Crippen molar-refractivity contribution in [2.75, 3.05) is 12.4 Å². The average molecular weight is 166 g/mol. The third-order valence-corrected chi connectivity index (χ3v) is 1.86. The quantitative estimate of drug-likeness (QED) is 0.699. The molecule has 0 aromatic carbocycles. The van der Waals surface area contributed by atoms with Gasteiger partial charge >= 0.3 is 0 Å². The molecule has 1 aromatic rings. The lowest BCUT2D eigenvalue weighted by Gasteiger charge is -2.09. The molecule has 3 heteroatoms. The lowest BCUT2D eigenvalue weighted by molar-refractivity contribution is 0.198. The fourth-order valence-corrected chi connectivity index (χ4v) is 1.14. The lowest BCUT2D eigenvalue weighted by Crippen LogP contribution is -1.99. The van der Waals surface area contributed by atoms with Gasteiger partial charge in [-0.3, -0.25) is 0 Å². The van der Waals surface area contributed by atoms with E-state index in [9.17, 15) is 5.11 Å². The monoisotopic (exact) mass is 166 g/mol. The van der Waals surface area contributed by atoms with E-state index >= 15 is 0 Å². The largest absolute Gasteiger partial charge is 0.389 e. The van der Waals surface area contributed by atoms with Gasteiger partial charge in [0.15, 0.2) is 0 Å². The summed E-state index contributed by atoms with van der Waals surface area (Å²) in [4.78, 5) is 4.11. The summed E-state index contributed by atoms with van der Waals surface area (Å²) < 4.78 is 0. The Morgan fingerprint density at radius 1 is 1.58 bits per heavy atom. The Labute approximate surface area is 72.5 Å². The second-order valence-corrected chi connectivity index (χ2v) is 2.85. The standard InChI is InChI=1S/C9H14N2O/c1-6-4-9(10-3)11-5-8(6)7(2)12/h4-5,7,12H,1-3H3,(H,10,11)/t7-/m1/s1. The molecule has 0 fully saturated rings. The van der Waals surface area contributed by atoms with Gasteiger partial charge in [0.2, 0.25) is 0 Å². The van der Waals surface area contributed by atoms with Gasteiger partial charge in [0.1, 0.15) is 5.82 Å². The van der Waals surface area contributed by atoms with Gasteiger partial charge in [-0.05, 0) is 25.5 Å². The molecule has 0 bridgehead atoms. The summed E-state index contributed by atoms with van der Waals surface area (Å²) in [6.07, 6.45) is 1.26. The molecule has 0 saturated carbocycles. The van der Waals surface area contributed by atoms with E-state index in [1.807, 2.05) is 20.0 Å². The minimum Gasteiger partial charge on any atom is -0.389 e. The Morgan fingerprint density at radius 3 is 2.67 bits per heavy atom. The maximum absolute atomic E-state index is 9.31. The predicted octanol–water partition coefficient (Wildman–Crippen LogP) is 1.49. The van der Waals surface area contributed by atoms with Gasteiger partial charge in [0, 0.05) is 18.8 Å². The molecule has 1 atom stereocenters. The zero-order valence-corrected chi connectivity index (χ0v) is 7.63. The van der Waals surface area contributed by atoms with E-state index in [1.165, 1.54) is 0 Å². The van der Waals surface area contributed by atoms with Crippen LogP contribution >= 0.6 is 0 Å². The molecule has 0 saturated heterocycles. The van der Waals surface area contributed by atoms with Crippen LogP contribution in [-0.4, -0.2) is 17.1 Å². The van der Waals surface area contributed by atoms with Crippen molar-refractivity contribution in [1.82, 2.24) is 4.98 Å². The maximum atomic E-state index is 9.31. The van der Waals surface area contributed by atoms with Crippen molar-refractivity contribution in [3.63, 3.8) is 0 Å². The molecule has 0 aliphatic heterocycles. The van der Waals surface area contributed by atoms with Crippen LogP contribution in [0.15, 0.2) is 12.3 Å².